The zero-order chi connectivity index (χ0) is 14.9. The Morgan fingerprint density at radius 3 is 2.60 bits per heavy atom. The normalized spacial score (nSPS) is 17.1. The highest BCUT2D eigenvalue weighted by Crippen LogP contribution is 2.42. The summed E-state index contributed by atoms with van der Waals surface area (Å²) in [5.41, 5.74) is 5.84. The fraction of sp³-hybridized carbons (Fsp3) is 0.769. The summed E-state index contributed by atoms with van der Waals surface area (Å²) < 4.78 is 29.2. The van der Waals surface area contributed by atoms with Gasteiger partial charge < -0.3 is 10.6 Å². The van der Waals surface area contributed by atoms with Crippen LogP contribution in [0.15, 0.2) is 4.90 Å². The molecule has 20 heavy (non-hydrogen) atoms. The lowest BCUT2D eigenvalue weighted by Gasteiger charge is -2.25. The molecule has 1 fully saturated rings. The summed E-state index contributed by atoms with van der Waals surface area (Å²) in [6, 6.07) is 0. The third kappa shape index (κ3) is 2.93. The van der Waals surface area contributed by atoms with Crippen molar-refractivity contribution >= 4 is 32.2 Å². The fourth-order valence-corrected chi connectivity index (χ4v) is 5.26. The Balaban J connectivity index is 2.37. The summed E-state index contributed by atoms with van der Waals surface area (Å²) in [6.07, 6.45) is 2.55. The van der Waals surface area contributed by atoms with Gasteiger partial charge in [-0.25, -0.2) is 8.42 Å². The van der Waals surface area contributed by atoms with E-state index in [-0.39, 0.29) is 16.0 Å². The Labute approximate surface area is 125 Å². The van der Waals surface area contributed by atoms with E-state index in [1.165, 1.54) is 11.5 Å². The number of hydrogen-bond acceptors (Lipinski definition) is 6. The molecule has 1 unspecified atom stereocenters. The molecule has 0 amide bonds. The number of sulfone groups is 1. The molecule has 1 atom stereocenters. The molecule has 1 aliphatic carbocycles. The lowest BCUT2D eigenvalue weighted by atomic mass is 10.1. The first-order chi connectivity index (χ1) is 9.41. The van der Waals surface area contributed by atoms with Gasteiger partial charge in [0.25, 0.3) is 0 Å². The standard InChI is InChI=1S/C13H23N3O2S2/c1-4-9(3)8-16(5-2)13-11(12(14)15-19-13)20(17,18)10-6-7-10/h9-10H,4-8H2,1-3H3,(H2,14,15). The summed E-state index contributed by atoms with van der Waals surface area (Å²) in [4.78, 5) is 2.37. The van der Waals surface area contributed by atoms with Crippen molar-refractivity contribution in [2.75, 3.05) is 23.7 Å². The van der Waals surface area contributed by atoms with Gasteiger partial charge >= 0.3 is 0 Å². The van der Waals surface area contributed by atoms with E-state index in [0.29, 0.717) is 5.92 Å². The first-order valence-electron chi connectivity index (χ1n) is 7.15. The fourth-order valence-electron chi connectivity index (χ4n) is 2.16. The first kappa shape index (κ1) is 15.6. The minimum atomic E-state index is -3.30. The summed E-state index contributed by atoms with van der Waals surface area (Å²) in [6.45, 7) is 7.94. The molecular formula is C13H23N3O2S2. The molecule has 1 heterocycles. The minimum absolute atomic E-state index is 0.166. The Kier molecular flexibility index (Phi) is 4.59. The predicted octanol–water partition coefficient (Wildman–Crippen LogP) is 2.53. The van der Waals surface area contributed by atoms with Crippen LogP contribution in [0, 0.1) is 5.92 Å². The average Bonchev–Trinajstić information content (AvgIpc) is 3.19. The number of nitrogens with zero attached hydrogens (tertiary/aromatic N) is 2. The molecule has 5 nitrogen and oxygen atoms in total. The van der Waals surface area contributed by atoms with Crippen LogP contribution in [0.5, 0.6) is 0 Å². The Hall–Kier alpha value is -0.820. The van der Waals surface area contributed by atoms with E-state index in [2.05, 4.69) is 23.1 Å². The van der Waals surface area contributed by atoms with Gasteiger partial charge in [0.05, 0.1) is 5.25 Å². The van der Waals surface area contributed by atoms with Gasteiger partial charge in [0, 0.05) is 13.1 Å². The average molecular weight is 317 g/mol. The van der Waals surface area contributed by atoms with E-state index in [4.69, 9.17) is 5.73 Å². The van der Waals surface area contributed by atoms with Crippen LogP contribution in [0.3, 0.4) is 0 Å². The monoisotopic (exact) mass is 317 g/mol. The smallest absolute Gasteiger partial charge is 0.187 e. The van der Waals surface area contributed by atoms with Crippen LogP contribution in [0.4, 0.5) is 10.8 Å². The lowest BCUT2D eigenvalue weighted by molar-refractivity contribution is 0.547. The molecule has 1 aromatic heterocycles. The van der Waals surface area contributed by atoms with Gasteiger partial charge in [-0.1, -0.05) is 20.3 Å². The third-order valence-corrected chi connectivity index (χ3v) is 7.18. The first-order valence-corrected chi connectivity index (χ1v) is 9.47. The molecule has 1 aliphatic rings. The van der Waals surface area contributed by atoms with Gasteiger partial charge in [0.15, 0.2) is 15.7 Å². The van der Waals surface area contributed by atoms with Crippen molar-refractivity contribution in [2.24, 2.45) is 5.92 Å². The molecular weight excluding hydrogens is 294 g/mol. The van der Waals surface area contributed by atoms with Gasteiger partial charge in [-0.3, -0.25) is 0 Å². The van der Waals surface area contributed by atoms with Crippen LogP contribution in [-0.2, 0) is 9.84 Å². The van der Waals surface area contributed by atoms with Gasteiger partial charge in [-0.2, -0.15) is 4.37 Å². The minimum Gasteiger partial charge on any atom is -0.382 e. The summed E-state index contributed by atoms with van der Waals surface area (Å²) in [7, 11) is -3.30. The largest absolute Gasteiger partial charge is 0.382 e. The molecule has 0 bridgehead atoms. The molecule has 1 saturated carbocycles. The summed E-state index contributed by atoms with van der Waals surface area (Å²) in [5.74, 6) is 0.675. The van der Waals surface area contributed by atoms with Crippen molar-refractivity contribution in [3.8, 4) is 0 Å². The number of nitrogen functional groups attached to an aromatic ring is 1. The molecule has 0 saturated heterocycles. The maximum absolute atomic E-state index is 12.5. The van der Waals surface area contributed by atoms with Crippen LogP contribution in [0.2, 0.25) is 0 Å². The Morgan fingerprint density at radius 1 is 1.45 bits per heavy atom. The van der Waals surface area contributed by atoms with Gasteiger partial charge in [0.2, 0.25) is 0 Å². The quantitative estimate of drug-likeness (QED) is 0.836. The maximum atomic E-state index is 12.5. The van der Waals surface area contributed by atoms with Crippen molar-refractivity contribution in [1.82, 2.24) is 4.37 Å². The van der Waals surface area contributed by atoms with Crippen molar-refractivity contribution in [3.63, 3.8) is 0 Å². The second-order valence-electron chi connectivity index (χ2n) is 5.50. The van der Waals surface area contributed by atoms with Crippen molar-refractivity contribution in [1.29, 1.82) is 0 Å². The van der Waals surface area contributed by atoms with E-state index in [0.717, 1.165) is 37.4 Å². The van der Waals surface area contributed by atoms with Crippen molar-refractivity contribution < 1.29 is 8.42 Å². The van der Waals surface area contributed by atoms with Gasteiger partial charge in [-0.15, -0.1) is 0 Å². The predicted molar refractivity (Wildman–Crippen MR) is 84.1 cm³/mol. The third-order valence-electron chi connectivity index (χ3n) is 3.80. The van der Waals surface area contributed by atoms with Crippen LogP contribution < -0.4 is 10.6 Å². The molecule has 2 rings (SSSR count). The number of rotatable bonds is 7. The zero-order valence-electron chi connectivity index (χ0n) is 12.3. The van der Waals surface area contributed by atoms with E-state index >= 15 is 0 Å². The molecule has 0 aliphatic heterocycles. The highest BCUT2D eigenvalue weighted by atomic mass is 32.2. The molecule has 0 spiro atoms. The van der Waals surface area contributed by atoms with E-state index < -0.39 is 9.84 Å². The molecule has 0 aromatic carbocycles. The molecule has 114 valence electrons. The maximum Gasteiger partial charge on any atom is 0.187 e. The van der Waals surface area contributed by atoms with Crippen LogP contribution >= 0.6 is 11.5 Å². The van der Waals surface area contributed by atoms with Crippen LogP contribution in [0.1, 0.15) is 40.0 Å². The van der Waals surface area contributed by atoms with E-state index in [1.54, 1.807) is 0 Å². The van der Waals surface area contributed by atoms with Crippen LogP contribution in [-0.4, -0.2) is 31.1 Å². The Bertz CT molecular complexity index is 564. The zero-order valence-corrected chi connectivity index (χ0v) is 13.9. The van der Waals surface area contributed by atoms with E-state index in [9.17, 15) is 8.42 Å². The molecule has 0 radical (unpaired) electrons. The molecule has 2 N–H and O–H groups in total. The van der Waals surface area contributed by atoms with Crippen molar-refractivity contribution in [2.45, 2.75) is 50.2 Å². The second kappa shape index (κ2) is 5.89. The number of anilines is 2. The van der Waals surface area contributed by atoms with Gasteiger partial charge in [0.1, 0.15) is 9.90 Å². The molecule has 1 aromatic rings. The highest BCUT2D eigenvalue weighted by molar-refractivity contribution is 7.92. The molecule has 7 heteroatoms. The number of aromatic nitrogens is 1. The SMILES string of the molecule is CCC(C)CN(CC)c1snc(N)c1S(=O)(=O)C1CC1. The van der Waals surface area contributed by atoms with E-state index in [1.807, 2.05) is 6.92 Å². The summed E-state index contributed by atoms with van der Waals surface area (Å²) in [5, 5.41) is 0.472. The second-order valence-corrected chi connectivity index (χ2v) is 8.42. The topological polar surface area (TPSA) is 76.3 Å². The van der Waals surface area contributed by atoms with Crippen molar-refractivity contribution in [3.05, 3.63) is 0 Å². The number of hydrogen-bond donors (Lipinski definition) is 1. The van der Waals surface area contributed by atoms with Gasteiger partial charge in [-0.05, 0) is 37.2 Å². The summed E-state index contributed by atoms with van der Waals surface area (Å²) >= 11 is 1.21. The number of nitrogens with two attached hydrogens (primary N) is 1. The van der Waals surface area contributed by atoms with Crippen LogP contribution in [0.25, 0.3) is 0 Å². The lowest BCUT2D eigenvalue weighted by Crippen LogP contribution is -2.29. The highest BCUT2D eigenvalue weighted by Gasteiger charge is 2.41. The Morgan fingerprint density at radius 2 is 2.10 bits per heavy atom.